The molecule has 1 aromatic rings. The Morgan fingerprint density at radius 2 is 1.95 bits per heavy atom. The molecule has 1 aliphatic rings. The topological polar surface area (TPSA) is 55.1 Å². The first-order chi connectivity index (χ1) is 10.0. The van der Waals surface area contributed by atoms with Crippen LogP contribution in [0.3, 0.4) is 0 Å². The van der Waals surface area contributed by atoms with Crippen LogP contribution in [-0.2, 0) is 0 Å². The van der Waals surface area contributed by atoms with Crippen LogP contribution in [0.5, 0.6) is 0 Å². The number of amides is 1. The summed E-state index contributed by atoms with van der Waals surface area (Å²) in [5.41, 5.74) is 4.69. The predicted molar refractivity (Wildman–Crippen MR) is 78.9 cm³/mol. The largest absolute Gasteiger partial charge is 0.396 e. The molecule has 0 aromatic heterocycles. The van der Waals surface area contributed by atoms with Crippen LogP contribution in [-0.4, -0.2) is 11.9 Å². The monoisotopic (exact) mass is 296 g/mol. The van der Waals surface area contributed by atoms with Crippen molar-refractivity contribution in [3.63, 3.8) is 0 Å². The molecule has 116 valence electrons. The van der Waals surface area contributed by atoms with E-state index in [9.17, 15) is 13.6 Å². The van der Waals surface area contributed by atoms with Crippen LogP contribution in [0.2, 0.25) is 0 Å². The second kappa shape index (κ2) is 6.87. The normalized spacial score (nSPS) is 22.0. The highest BCUT2D eigenvalue weighted by atomic mass is 19.1. The number of rotatable bonds is 4. The van der Waals surface area contributed by atoms with Gasteiger partial charge < -0.3 is 11.1 Å². The molecule has 2 rings (SSSR count). The van der Waals surface area contributed by atoms with E-state index in [2.05, 4.69) is 12.2 Å². The molecule has 0 heterocycles. The standard InChI is InChI=1S/C16H22F2N2O/c1-2-3-10-4-6-12(7-5-10)20-16(21)13-8-11(17)9-14(19)15(13)18/h8-10,12H,2-7,19H2,1H3,(H,20,21). The fraction of sp³-hybridized carbons (Fsp3) is 0.562. The fourth-order valence-electron chi connectivity index (χ4n) is 3.04. The highest BCUT2D eigenvalue weighted by Gasteiger charge is 2.24. The lowest BCUT2D eigenvalue weighted by atomic mass is 9.83. The second-order valence-electron chi connectivity index (χ2n) is 5.84. The van der Waals surface area contributed by atoms with E-state index in [0.29, 0.717) is 0 Å². The number of hydrogen-bond acceptors (Lipinski definition) is 2. The smallest absolute Gasteiger partial charge is 0.254 e. The van der Waals surface area contributed by atoms with Crippen molar-refractivity contribution in [2.45, 2.75) is 51.5 Å². The molecule has 3 nitrogen and oxygen atoms in total. The minimum Gasteiger partial charge on any atom is -0.396 e. The summed E-state index contributed by atoms with van der Waals surface area (Å²) in [6, 6.07) is 1.81. The Morgan fingerprint density at radius 1 is 1.29 bits per heavy atom. The van der Waals surface area contributed by atoms with Gasteiger partial charge in [-0.2, -0.15) is 0 Å². The number of carbonyl (C=O) groups excluding carboxylic acids is 1. The number of nitrogens with one attached hydrogen (secondary N) is 1. The molecule has 1 saturated carbocycles. The number of benzene rings is 1. The molecule has 21 heavy (non-hydrogen) atoms. The molecule has 1 aliphatic carbocycles. The Hall–Kier alpha value is -1.65. The van der Waals surface area contributed by atoms with Gasteiger partial charge in [0.25, 0.3) is 5.91 Å². The highest BCUT2D eigenvalue weighted by Crippen LogP contribution is 2.28. The number of anilines is 1. The van der Waals surface area contributed by atoms with E-state index >= 15 is 0 Å². The summed E-state index contributed by atoms with van der Waals surface area (Å²) in [6.45, 7) is 2.17. The van der Waals surface area contributed by atoms with E-state index in [4.69, 9.17) is 5.73 Å². The van der Waals surface area contributed by atoms with Crippen LogP contribution in [0, 0.1) is 17.6 Å². The third-order valence-electron chi connectivity index (χ3n) is 4.19. The van der Waals surface area contributed by atoms with Gasteiger partial charge in [-0.15, -0.1) is 0 Å². The van der Waals surface area contributed by atoms with Crippen LogP contribution in [0.25, 0.3) is 0 Å². The molecule has 1 aromatic carbocycles. The zero-order chi connectivity index (χ0) is 15.4. The molecule has 1 amide bonds. The average molecular weight is 296 g/mol. The first-order valence-corrected chi connectivity index (χ1v) is 7.56. The SMILES string of the molecule is CCCC1CCC(NC(=O)c2cc(F)cc(N)c2F)CC1. The molecular weight excluding hydrogens is 274 g/mol. The molecule has 5 heteroatoms. The summed E-state index contributed by atoms with van der Waals surface area (Å²) in [5.74, 6) is -1.42. The van der Waals surface area contributed by atoms with Crippen molar-refractivity contribution >= 4 is 11.6 Å². The molecule has 1 fully saturated rings. The van der Waals surface area contributed by atoms with Gasteiger partial charge in [0, 0.05) is 6.04 Å². The Kier molecular flexibility index (Phi) is 5.15. The Balaban J connectivity index is 1.97. The van der Waals surface area contributed by atoms with Crippen molar-refractivity contribution in [3.8, 4) is 0 Å². The number of hydrogen-bond donors (Lipinski definition) is 2. The van der Waals surface area contributed by atoms with Gasteiger partial charge in [-0.25, -0.2) is 8.78 Å². The van der Waals surface area contributed by atoms with Crippen molar-refractivity contribution in [1.29, 1.82) is 0 Å². The molecule has 0 bridgehead atoms. The number of nitrogen functional groups attached to an aromatic ring is 1. The van der Waals surface area contributed by atoms with Gasteiger partial charge in [-0.1, -0.05) is 19.8 Å². The lowest BCUT2D eigenvalue weighted by Crippen LogP contribution is -2.38. The summed E-state index contributed by atoms with van der Waals surface area (Å²) in [4.78, 5) is 12.1. The maximum Gasteiger partial charge on any atom is 0.254 e. The van der Waals surface area contributed by atoms with Gasteiger partial charge in [0.1, 0.15) is 5.82 Å². The average Bonchev–Trinajstić information content (AvgIpc) is 2.45. The van der Waals surface area contributed by atoms with Crippen LogP contribution < -0.4 is 11.1 Å². The Labute approximate surface area is 123 Å². The van der Waals surface area contributed by atoms with E-state index in [1.54, 1.807) is 0 Å². The van der Waals surface area contributed by atoms with E-state index in [1.165, 1.54) is 12.8 Å². The quantitative estimate of drug-likeness (QED) is 0.834. The predicted octanol–water partition coefficient (Wildman–Crippen LogP) is 3.64. The van der Waals surface area contributed by atoms with E-state index in [1.807, 2.05) is 0 Å². The third kappa shape index (κ3) is 3.93. The van der Waals surface area contributed by atoms with Crippen LogP contribution in [0.15, 0.2) is 12.1 Å². The van der Waals surface area contributed by atoms with Crippen LogP contribution in [0.4, 0.5) is 14.5 Å². The number of nitrogens with two attached hydrogens (primary N) is 1. The Morgan fingerprint density at radius 3 is 2.57 bits per heavy atom. The lowest BCUT2D eigenvalue weighted by Gasteiger charge is -2.29. The van der Waals surface area contributed by atoms with Gasteiger partial charge in [0.2, 0.25) is 0 Å². The molecule has 0 atom stereocenters. The van der Waals surface area contributed by atoms with Crippen molar-refractivity contribution in [1.82, 2.24) is 5.32 Å². The number of halogens is 2. The van der Waals surface area contributed by atoms with Crippen molar-refractivity contribution < 1.29 is 13.6 Å². The zero-order valence-electron chi connectivity index (χ0n) is 12.3. The van der Waals surface area contributed by atoms with Crippen molar-refractivity contribution in [2.75, 3.05) is 5.73 Å². The Bertz CT molecular complexity index is 511. The minimum atomic E-state index is -0.853. The van der Waals surface area contributed by atoms with Crippen LogP contribution >= 0.6 is 0 Å². The van der Waals surface area contributed by atoms with Crippen molar-refractivity contribution in [2.24, 2.45) is 5.92 Å². The lowest BCUT2D eigenvalue weighted by molar-refractivity contribution is 0.0916. The summed E-state index contributed by atoms with van der Waals surface area (Å²) < 4.78 is 27.1. The minimum absolute atomic E-state index is 0.0366. The maximum atomic E-state index is 13.8. The van der Waals surface area contributed by atoms with Gasteiger partial charge in [0.15, 0.2) is 5.82 Å². The van der Waals surface area contributed by atoms with Crippen molar-refractivity contribution in [3.05, 3.63) is 29.3 Å². The summed E-state index contributed by atoms with van der Waals surface area (Å²) in [6.07, 6.45) is 6.33. The molecular formula is C16H22F2N2O. The van der Waals surface area contributed by atoms with Gasteiger partial charge >= 0.3 is 0 Å². The van der Waals surface area contributed by atoms with Gasteiger partial charge in [-0.3, -0.25) is 4.79 Å². The van der Waals surface area contributed by atoms with Gasteiger partial charge in [0.05, 0.1) is 11.3 Å². The molecule has 0 unspecified atom stereocenters. The molecule has 0 spiro atoms. The van der Waals surface area contributed by atoms with Gasteiger partial charge in [-0.05, 0) is 43.7 Å². The van der Waals surface area contributed by atoms with E-state index in [-0.39, 0.29) is 17.3 Å². The van der Waals surface area contributed by atoms with Crippen LogP contribution in [0.1, 0.15) is 55.8 Å². The molecule has 3 N–H and O–H groups in total. The first kappa shape index (κ1) is 15.7. The first-order valence-electron chi connectivity index (χ1n) is 7.56. The number of carbonyl (C=O) groups is 1. The van der Waals surface area contributed by atoms with E-state index in [0.717, 1.165) is 43.7 Å². The van der Waals surface area contributed by atoms with E-state index < -0.39 is 17.5 Å². The third-order valence-corrected chi connectivity index (χ3v) is 4.19. The summed E-state index contributed by atoms with van der Waals surface area (Å²) >= 11 is 0. The highest BCUT2D eigenvalue weighted by molar-refractivity contribution is 5.95. The zero-order valence-corrected chi connectivity index (χ0v) is 12.3. The maximum absolute atomic E-state index is 13.8. The molecule has 0 saturated heterocycles. The summed E-state index contributed by atoms with van der Waals surface area (Å²) in [7, 11) is 0. The fourth-order valence-corrected chi connectivity index (χ4v) is 3.04. The molecule has 0 aliphatic heterocycles. The molecule has 0 radical (unpaired) electrons. The second-order valence-corrected chi connectivity index (χ2v) is 5.84. The summed E-state index contributed by atoms with van der Waals surface area (Å²) in [5, 5.41) is 2.79.